The lowest BCUT2D eigenvalue weighted by Crippen LogP contribution is -2.59. The maximum absolute atomic E-state index is 13.3. The summed E-state index contributed by atoms with van der Waals surface area (Å²) in [6, 6.07) is 3.66. The Morgan fingerprint density at radius 1 is 0.895 bits per heavy atom. The Hall–Kier alpha value is -3.55. The van der Waals surface area contributed by atoms with Crippen LogP contribution in [0.15, 0.2) is 30.3 Å². The van der Waals surface area contributed by atoms with Crippen molar-refractivity contribution in [3.63, 3.8) is 0 Å². The van der Waals surface area contributed by atoms with Crippen molar-refractivity contribution in [1.82, 2.24) is 26.2 Å². The van der Waals surface area contributed by atoms with Gasteiger partial charge in [-0.3, -0.25) is 19.2 Å². The summed E-state index contributed by atoms with van der Waals surface area (Å²) in [5.41, 5.74) is 0.785. The minimum atomic E-state index is -1.52. The number of hydrogen-bond donors (Lipinski definition) is 7. The Balaban J connectivity index is 1.70. The van der Waals surface area contributed by atoms with Gasteiger partial charge in [-0.25, -0.2) is 4.79 Å². The molecule has 2 saturated heterocycles. The Morgan fingerprint density at radius 3 is 2.18 bits per heavy atom. The zero-order valence-corrected chi connectivity index (χ0v) is 21.0. The first-order chi connectivity index (χ1) is 18.2. The summed E-state index contributed by atoms with van der Waals surface area (Å²) in [6.45, 7) is -0.704. The smallest absolute Gasteiger partial charge is 0.328 e. The van der Waals surface area contributed by atoms with E-state index in [1.54, 1.807) is 24.3 Å². The molecule has 2 heterocycles. The molecular formula is C25H35N5O8. The topological polar surface area (TPSA) is 197 Å². The fourth-order valence-corrected chi connectivity index (χ4v) is 4.65. The summed E-state index contributed by atoms with van der Waals surface area (Å²) in [6.07, 6.45) is 2.34. The number of aliphatic hydroxyl groups excluding tert-OH is 2. The molecule has 38 heavy (non-hydrogen) atoms. The summed E-state index contributed by atoms with van der Waals surface area (Å²) in [5.74, 6) is -3.88. The van der Waals surface area contributed by atoms with Crippen molar-refractivity contribution in [3.05, 3.63) is 35.9 Å². The van der Waals surface area contributed by atoms with E-state index in [4.69, 9.17) is 5.11 Å². The number of rotatable bonds is 12. The van der Waals surface area contributed by atoms with E-state index in [-0.39, 0.29) is 25.3 Å². The molecule has 2 aliphatic heterocycles. The van der Waals surface area contributed by atoms with Crippen LogP contribution in [-0.2, 0) is 30.4 Å². The third kappa shape index (κ3) is 7.49. The second-order valence-corrected chi connectivity index (χ2v) is 9.42. The lowest BCUT2D eigenvalue weighted by atomic mass is 10.0. The molecule has 4 amide bonds. The monoisotopic (exact) mass is 533 g/mol. The lowest BCUT2D eigenvalue weighted by Gasteiger charge is -2.29. The molecule has 0 bridgehead atoms. The van der Waals surface area contributed by atoms with Gasteiger partial charge in [-0.15, -0.1) is 0 Å². The van der Waals surface area contributed by atoms with E-state index in [2.05, 4.69) is 21.3 Å². The van der Waals surface area contributed by atoms with Crippen molar-refractivity contribution in [1.29, 1.82) is 0 Å². The maximum Gasteiger partial charge on any atom is 0.328 e. The zero-order chi connectivity index (χ0) is 27.7. The average molecular weight is 534 g/mol. The Labute approximate surface area is 220 Å². The number of likely N-dealkylation sites (tertiary alicyclic amines) is 1. The minimum absolute atomic E-state index is 0.157. The third-order valence-corrected chi connectivity index (χ3v) is 6.73. The molecule has 7 N–H and O–H groups in total. The van der Waals surface area contributed by atoms with E-state index in [1.807, 2.05) is 6.07 Å². The maximum atomic E-state index is 13.3. The van der Waals surface area contributed by atoms with E-state index >= 15 is 0 Å². The van der Waals surface area contributed by atoms with Crippen molar-refractivity contribution in [2.24, 2.45) is 0 Å². The van der Waals surface area contributed by atoms with Gasteiger partial charge in [-0.2, -0.15) is 0 Å². The van der Waals surface area contributed by atoms with Crippen LogP contribution in [0.2, 0.25) is 0 Å². The SMILES string of the molecule is O=C(O)[C@H](CO)NC(=O)[C@@H]1CCCN1C(=O)[C@H](CO)NC(=O)[C@H](Cc1ccccc1)NC(=O)[C@@H]1CCCN1. The van der Waals surface area contributed by atoms with Crippen LogP contribution >= 0.6 is 0 Å². The summed E-state index contributed by atoms with van der Waals surface area (Å²) >= 11 is 0. The number of carboxylic acids is 1. The number of nitrogens with zero attached hydrogens (tertiary/aromatic N) is 1. The van der Waals surface area contributed by atoms with Crippen molar-refractivity contribution in [3.8, 4) is 0 Å². The fourth-order valence-electron chi connectivity index (χ4n) is 4.65. The van der Waals surface area contributed by atoms with Gasteiger partial charge in [0.1, 0.15) is 24.2 Å². The van der Waals surface area contributed by atoms with Gasteiger partial charge in [0.15, 0.2) is 0 Å². The largest absolute Gasteiger partial charge is 0.480 e. The number of carbonyl (C=O) groups excluding carboxylic acids is 4. The van der Waals surface area contributed by atoms with Gasteiger partial charge in [0.2, 0.25) is 23.6 Å². The first kappa shape index (κ1) is 29.0. The summed E-state index contributed by atoms with van der Waals surface area (Å²) in [7, 11) is 0. The number of hydrogen-bond acceptors (Lipinski definition) is 8. The number of amides is 4. The molecule has 0 aliphatic carbocycles. The van der Waals surface area contributed by atoms with E-state index in [0.717, 1.165) is 12.0 Å². The van der Waals surface area contributed by atoms with Crippen LogP contribution < -0.4 is 21.3 Å². The van der Waals surface area contributed by atoms with Crippen LogP contribution in [0.5, 0.6) is 0 Å². The summed E-state index contributed by atoms with van der Waals surface area (Å²) in [4.78, 5) is 64.2. The molecule has 13 heteroatoms. The first-order valence-electron chi connectivity index (χ1n) is 12.7. The highest BCUT2D eigenvalue weighted by molar-refractivity contribution is 5.96. The van der Waals surface area contributed by atoms with Crippen molar-refractivity contribution in [2.45, 2.75) is 62.3 Å². The second-order valence-electron chi connectivity index (χ2n) is 9.42. The molecule has 208 valence electrons. The van der Waals surface area contributed by atoms with Gasteiger partial charge in [0, 0.05) is 13.0 Å². The van der Waals surface area contributed by atoms with Gasteiger partial charge in [-0.1, -0.05) is 30.3 Å². The predicted molar refractivity (Wildman–Crippen MR) is 134 cm³/mol. The predicted octanol–water partition coefficient (Wildman–Crippen LogP) is -2.50. The molecule has 2 aliphatic rings. The Kier molecular flexibility index (Phi) is 10.6. The molecule has 2 fully saturated rings. The summed E-state index contributed by atoms with van der Waals surface area (Å²) < 4.78 is 0. The number of aliphatic hydroxyl groups is 2. The molecule has 0 saturated carbocycles. The molecule has 1 aromatic carbocycles. The van der Waals surface area contributed by atoms with E-state index < -0.39 is 67.1 Å². The number of carboxylic acid groups (broad SMARTS) is 1. The number of aliphatic carboxylic acids is 1. The molecular weight excluding hydrogens is 498 g/mol. The molecule has 13 nitrogen and oxygen atoms in total. The Bertz CT molecular complexity index is 1000. The number of benzene rings is 1. The van der Waals surface area contributed by atoms with E-state index in [0.29, 0.717) is 19.4 Å². The second kappa shape index (κ2) is 13.8. The molecule has 3 rings (SSSR count). The van der Waals surface area contributed by atoms with Gasteiger partial charge in [0.05, 0.1) is 19.3 Å². The van der Waals surface area contributed by atoms with Gasteiger partial charge in [-0.05, 0) is 37.8 Å². The fraction of sp³-hybridized carbons (Fsp3) is 0.560. The van der Waals surface area contributed by atoms with Crippen LogP contribution in [0.3, 0.4) is 0 Å². The van der Waals surface area contributed by atoms with Crippen LogP contribution in [0.1, 0.15) is 31.2 Å². The van der Waals surface area contributed by atoms with Crippen LogP contribution in [0.25, 0.3) is 0 Å². The zero-order valence-electron chi connectivity index (χ0n) is 21.0. The lowest BCUT2D eigenvalue weighted by molar-refractivity contribution is -0.146. The Morgan fingerprint density at radius 2 is 1.58 bits per heavy atom. The summed E-state index contributed by atoms with van der Waals surface area (Å²) in [5, 5.41) is 38.7. The quantitative estimate of drug-likeness (QED) is 0.152. The molecule has 1 aromatic rings. The number of carbonyl (C=O) groups is 5. The van der Waals surface area contributed by atoms with Crippen molar-refractivity contribution >= 4 is 29.6 Å². The highest BCUT2D eigenvalue weighted by Gasteiger charge is 2.39. The normalized spacial score (nSPS) is 21.3. The molecule has 0 aromatic heterocycles. The molecule has 5 atom stereocenters. The van der Waals surface area contributed by atoms with Gasteiger partial charge < -0.3 is 41.5 Å². The number of nitrogens with one attached hydrogen (secondary N) is 4. The highest BCUT2D eigenvalue weighted by Crippen LogP contribution is 2.19. The van der Waals surface area contributed by atoms with Gasteiger partial charge in [0.25, 0.3) is 0 Å². The van der Waals surface area contributed by atoms with Crippen LogP contribution in [0.4, 0.5) is 0 Å². The molecule has 0 unspecified atom stereocenters. The van der Waals surface area contributed by atoms with Crippen LogP contribution in [-0.4, -0.2) is 106 Å². The van der Waals surface area contributed by atoms with Crippen LogP contribution in [0, 0.1) is 0 Å². The first-order valence-corrected chi connectivity index (χ1v) is 12.7. The van der Waals surface area contributed by atoms with Crippen molar-refractivity contribution in [2.75, 3.05) is 26.3 Å². The van der Waals surface area contributed by atoms with Crippen molar-refractivity contribution < 1.29 is 39.3 Å². The average Bonchev–Trinajstić information content (AvgIpc) is 3.62. The molecule has 0 spiro atoms. The van der Waals surface area contributed by atoms with Gasteiger partial charge >= 0.3 is 5.97 Å². The van der Waals surface area contributed by atoms with E-state index in [9.17, 15) is 34.2 Å². The minimum Gasteiger partial charge on any atom is -0.480 e. The standard InChI is InChI=1S/C25H35N5O8/c31-13-18(24(36)30-11-5-9-20(30)23(35)29-19(14-32)25(37)38)28-22(34)17(12-15-6-2-1-3-7-15)27-21(33)16-8-4-10-26-16/h1-3,6-7,16-20,26,31-32H,4-5,8-14H2,(H,27,33)(H,28,34)(H,29,35)(H,37,38)/t16-,17-,18-,19-,20-/m0/s1. The molecule has 0 radical (unpaired) electrons. The van der Waals surface area contributed by atoms with E-state index in [1.165, 1.54) is 4.90 Å². The third-order valence-electron chi connectivity index (χ3n) is 6.73. The highest BCUT2D eigenvalue weighted by atomic mass is 16.4.